The summed E-state index contributed by atoms with van der Waals surface area (Å²) in [6.45, 7) is 4.52. The summed E-state index contributed by atoms with van der Waals surface area (Å²) in [7, 11) is 1.58. The Balaban J connectivity index is 2.01. The van der Waals surface area contributed by atoms with Gasteiger partial charge in [-0.15, -0.1) is 0 Å². The van der Waals surface area contributed by atoms with Gasteiger partial charge in [0.25, 0.3) is 11.8 Å². The molecule has 3 N–H and O–H groups in total. The predicted octanol–water partition coefficient (Wildman–Crippen LogP) is 2.98. The lowest BCUT2D eigenvalue weighted by molar-refractivity contribution is 0.0940. The number of nitrogens with one attached hydrogen (secondary N) is 3. The normalized spacial score (nSPS) is 10.3. The maximum absolute atomic E-state index is 12.6. The second-order valence-corrected chi connectivity index (χ2v) is 6.86. The Labute approximate surface area is 175 Å². The lowest BCUT2D eigenvalue weighted by Crippen LogP contribution is -2.34. The Morgan fingerprint density at radius 2 is 1.79 bits per heavy atom. The van der Waals surface area contributed by atoms with Crippen molar-refractivity contribution in [3.05, 3.63) is 59.7 Å². The summed E-state index contributed by atoms with van der Waals surface area (Å²) in [5.74, 6) is -0.137. The van der Waals surface area contributed by atoms with Crippen LogP contribution in [-0.2, 0) is 4.74 Å². The summed E-state index contributed by atoms with van der Waals surface area (Å²) in [4.78, 5) is 24.7. The van der Waals surface area contributed by atoms with Crippen molar-refractivity contribution in [2.45, 2.75) is 19.9 Å². The Morgan fingerprint density at radius 3 is 2.52 bits per heavy atom. The van der Waals surface area contributed by atoms with Gasteiger partial charge in [-0.05, 0) is 56.4 Å². The van der Waals surface area contributed by atoms with E-state index in [-0.39, 0.29) is 17.1 Å². The number of methoxy groups -OCH3 is 1. The van der Waals surface area contributed by atoms with Crippen molar-refractivity contribution < 1.29 is 19.1 Å². The minimum atomic E-state index is -0.399. The average Bonchev–Trinajstić information content (AvgIpc) is 2.68. The van der Waals surface area contributed by atoms with E-state index in [0.29, 0.717) is 35.8 Å². The minimum Gasteiger partial charge on any atom is -0.490 e. The first-order chi connectivity index (χ1) is 13.9. The number of carbonyl (C=O) groups excluding carboxylic acids is 2. The molecule has 2 aromatic rings. The molecule has 0 unspecified atom stereocenters. The van der Waals surface area contributed by atoms with E-state index < -0.39 is 5.91 Å². The molecule has 8 heteroatoms. The van der Waals surface area contributed by atoms with Crippen LogP contribution in [0.1, 0.15) is 34.6 Å². The van der Waals surface area contributed by atoms with E-state index in [4.69, 9.17) is 21.7 Å². The molecule has 0 aliphatic carbocycles. The van der Waals surface area contributed by atoms with Crippen molar-refractivity contribution >= 4 is 34.8 Å². The van der Waals surface area contributed by atoms with Crippen molar-refractivity contribution in [1.29, 1.82) is 0 Å². The summed E-state index contributed by atoms with van der Waals surface area (Å²) in [6, 6.07) is 13.8. The maximum atomic E-state index is 12.6. The van der Waals surface area contributed by atoms with E-state index in [2.05, 4.69) is 16.0 Å². The Kier molecular flexibility index (Phi) is 8.57. The largest absolute Gasteiger partial charge is 0.490 e. The molecule has 7 nitrogen and oxygen atoms in total. The zero-order valence-corrected chi connectivity index (χ0v) is 17.5. The number of carbonyl (C=O) groups is 2. The molecule has 0 aliphatic heterocycles. The third-order valence-electron chi connectivity index (χ3n) is 3.71. The maximum Gasteiger partial charge on any atom is 0.261 e. The third-order valence-corrected chi connectivity index (χ3v) is 3.91. The summed E-state index contributed by atoms with van der Waals surface area (Å²) in [6.07, 6.45) is 0. The predicted molar refractivity (Wildman–Crippen MR) is 117 cm³/mol. The van der Waals surface area contributed by atoms with Crippen molar-refractivity contribution in [3.63, 3.8) is 0 Å². The molecular formula is C21H25N3O4S. The van der Waals surface area contributed by atoms with E-state index in [1.54, 1.807) is 55.6 Å². The van der Waals surface area contributed by atoms with E-state index in [9.17, 15) is 9.59 Å². The molecule has 0 saturated carbocycles. The van der Waals surface area contributed by atoms with E-state index in [0.717, 1.165) is 0 Å². The number of thiocarbonyl (C=S) groups is 1. The van der Waals surface area contributed by atoms with Gasteiger partial charge in [0.1, 0.15) is 12.4 Å². The molecule has 0 spiro atoms. The smallest absolute Gasteiger partial charge is 0.261 e. The van der Waals surface area contributed by atoms with Gasteiger partial charge < -0.3 is 20.1 Å². The standard InChI is InChI=1S/C21H25N3O4S/c1-14(2)22-19(25)15-7-6-8-16(13-15)23-21(29)24-20(26)17-9-4-5-10-18(17)28-12-11-27-3/h4-10,13-14H,11-12H2,1-3H3,(H,22,25)(H2,23,24,26,29). The molecular weight excluding hydrogens is 390 g/mol. The van der Waals surface area contributed by atoms with Crippen LogP contribution < -0.4 is 20.7 Å². The molecule has 0 saturated heterocycles. The molecule has 0 atom stereocenters. The Bertz CT molecular complexity index is 871. The van der Waals surface area contributed by atoms with E-state index in [1.807, 2.05) is 13.8 Å². The Morgan fingerprint density at radius 1 is 1.03 bits per heavy atom. The quantitative estimate of drug-likeness (QED) is 0.454. The topological polar surface area (TPSA) is 88.7 Å². The van der Waals surface area contributed by atoms with Gasteiger partial charge in [-0.2, -0.15) is 0 Å². The summed E-state index contributed by atoms with van der Waals surface area (Å²) < 4.78 is 10.5. The van der Waals surface area contributed by atoms with Gasteiger partial charge in [0.2, 0.25) is 0 Å². The molecule has 2 amide bonds. The molecule has 0 fully saturated rings. The van der Waals surface area contributed by atoms with Crippen molar-refractivity contribution in [2.24, 2.45) is 0 Å². The number of ether oxygens (including phenoxy) is 2. The van der Waals surface area contributed by atoms with Gasteiger partial charge >= 0.3 is 0 Å². The van der Waals surface area contributed by atoms with Crippen LogP contribution in [0.3, 0.4) is 0 Å². The zero-order valence-electron chi connectivity index (χ0n) is 16.7. The fraction of sp³-hybridized carbons (Fsp3) is 0.286. The first kappa shape index (κ1) is 22.3. The van der Waals surface area contributed by atoms with Crippen molar-refractivity contribution in [3.8, 4) is 5.75 Å². The van der Waals surface area contributed by atoms with Crippen LogP contribution in [0.4, 0.5) is 5.69 Å². The zero-order chi connectivity index (χ0) is 21.2. The molecule has 154 valence electrons. The van der Waals surface area contributed by atoms with E-state index >= 15 is 0 Å². The fourth-order valence-electron chi connectivity index (χ4n) is 2.43. The lowest BCUT2D eigenvalue weighted by atomic mass is 10.1. The highest BCUT2D eigenvalue weighted by Crippen LogP contribution is 2.18. The molecule has 2 aromatic carbocycles. The highest BCUT2D eigenvalue weighted by atomic mass is 32.1. The highest BCUT2D eigenvalue weighted by Gasteiger charge is 2.14. The number of hydrogen-bond donors (Lipinski definition) is 3. The van der Waals surface area contributed by atoms with Gasteiger partial charge in [0.05, 0.1) is 12.2 Å². The SMILES string of the molecule is COCCOc1ccccc1C(=O)NC(=S)Nc1cccc(C(=O)NC(C)C)c1. The summed E-state index contributed by atoms with van der Waals surface area (Å²) in [5, 5.41) is 8.49. The highest BCUT2D eigenvalue weighted by molar-refractivity contribution is 7.80. The molecule has 0 aliphatic rings. The Hall–Kier alpha value is -2.97. The van der Waals surface area contributed by atoms with Crippen LogP contribution in [-0.4, -0.2) is 43.3 Å². The monoisotopic (exact) mass is 415 g/mol. The van der Waals surface area contributed by atoms with Crippen molar-refractivity contribution in [2.75, 3.05) is 25.6 Å². The van der Waals surface area contributed by atoms with Gasteiger partial charge in [0, 0.05) is 24.4 Å². The van der Waals surface area contributed by atoms with Crippen LogP contribution in [0.25, 0.3) is 0 Å². The van der Waals surface area contributed by atoms with Crippen LogP contribution in [0.15, 0.2) is 48.5 Å². The number of rotatable bonds is 8. The van der Waals surface area contributed by atoms with Gasteiger partial charge in [-0.3, -0.25) is 14.9 Å². The second kappa shape index (κ2) is 11.1. The number of benzene rings is 2. The first-order valence-electron chi connectivity index (χ1n) is 9.14. The van der Waals surface area contributed by atoms with Gasteiger partial charge in [-0.25, -0.2) is 0 Å². The average molecular weight is 416 g/mol. The van der Waals surface area contributed by atoms with Crippen molar-refractivity contribution in [1.82, 2.24) is 10.6 Å². The molecule has 29 heavy (non-hydrogen) atoms. The lowest BCUT2D eigenvalue weighted by Gasteiger charge is -2.14. The van der Waals surface area contributed by atoms with Crippen LogP contribution in [0.2, 0.25) is 0 Å². The number of para-hydroxylation sites is 1. The second-order valence-electron chi connectivity index (χ2n) is 6.45. The molecule has 0 aromatic heterocycles. The number of amides is 2. The number of hydrogen-bond acceptors (Lipinski definition) is 5. The van der Waals surface area contributed by atoms with Gasteiger partial charge in [0.15, 0.2) is 5.11 Å². The molecule has 2 rings (SSSR count). The first-order valence-corrected chi connectivity index (χ1v) is 9.55. The van der Waals surface area contributed by atoms with Gasteiger partial charge in [-0.1, -0.05) is 18.2 Å². The molecule has 0 bridgehead atoms. The summed E-state index contributed by atoms with van der Waals surface area (Å²) in [5.41, 5.74) is 1.45. The number of anilines is 1. The summed E-state index contributed by atoms with van der Waals surface area (Å²) >= 11 is 5.24. The third kappa shape index (κ3) is 7.17. The molecule has 0 radical (unpaired) electrons. The minimum absolute atomic E-state index is 0.0330. The van der Waals surface area contributed by atoms with Crippen LogP contribution >= 0.6 is 12.2 Å². The van der Waals surface area contributed by atoms with Crippen LogP contribution in [0.5, 0.6) is 5.75 Å². The fourth-order valence-corrected chi connectivity index (χ4v) is 2.64. The van der Waals surface area contributed by atoms with Crippen LogP contribution in [0, 0.1) is 0 Å². The molecule has 0 heterocycles. The van der Waals surface area contributed by atoms with E-state index in [1.165, 1.54) is 0 Å².